The van der Waals surface area contributed by atoms with Crippen LogP contribution in [0.4, 0.5) is 0 Å². The highest BCUT2D eigenvalue weighted by atomic mass is 15.0. The van der Waals surface area contributed by atoms with Crippen LogP contribution in [0.5, 0.6) is 0 Å². The van der Waals surface area contributed by atoms with Gasteiger partial charge in [0.1, 0.15) is 0 Å². The zero-order valence-corrected chi connectivity index (χ0v) is 40.0. The van der Waals surface area contributed by atoms with E-state index < -0.39 is 0 Å². The van der Waals surface area contributed by atoms with Crippen LogP contribution < -0.4 is 0 Å². The molecule has 4 aromatic heterocycles. The lowest BCUT2D eigenvalue weighted by Crippen LogP contribution is -1.98. The van der Waals surface area contributed by atoms with E-state index in [4.69, 9.17) is 0 Å². The summed E-state index contributed by atoms with van der Waals surface area (Å²) in [4.78, 5) is 0. The maximum absolute atomic E-state index is 2.52. The molecule has 0 unspecified atom stereocenters. The van der Waals surface area contributed by atoms with Crippen molar-refractivity contribution in [2.45, 2.75) is 0 Å². The van der Waals surface area contributed by atoms with Gasteiger partial charge in [0, 0.05) is 65.5 Å². The first-order valence-corrected chi connectivity index (χ1v) is 25.6. The van der Waals surface area contributed by atoms with E-state index in [0.717, 1.165) is 17.1 Å². The number of aromatic nitrogens is 4. The summed E-state index contributed by atoms with van der Waals surface area (Å²) < 4.78 is 9.81. The van der Waals surface area contributed by atoms with Gasteiger partial charge in [0.2, 0.25) is 0 Å². The predicted molar refractivity (Wildman–Crippen MR) is 313 cm³/mol. The average molecular weight is 939 g/mol. The minimum absolute atomic E-state index is 1.14. The third-order valence-corrected chi connectivity index (χ3v) is 16.3. The van der Waals surface area contributed by atoms with Crippen molar-refractivity contribution in [3.05, 3.63) is 255 Å². The zero-order chi connectivity index (χ0) is 48.2. The van der Waals surface area contributed by atoms with Crippen LogP contribution in [0.2, 0.25) is 0 Å². The number of para-hydroxylation sites is 6. The Hall–Kier alpha value is -9.90. The molecule has 342 valence electrons. The third-order valence-electron chi connectivity index (χ3n) is 16.3. The quantitative estimate of drug-likeness (QED) is 0.153. The minimum atomic E-state index is 1.14. The van der Waals surface area contributed by atoms with Gasteiger partial charge in [-0.15, -0.1) is 0 Å². The van der Waals surface area contributed by atoms with E-state index in [1.165, 1.54) is 136 Å². The molecule has 0 aliphatic carbocycles. The van der Waals surface area contributed by atoms with E-state index in [0.29, 0.717) is 0 Å². The number of hydrogen-bond acceptors (Lipinski definition) is 0. The molecule has 0 aliphatic rings. The van der Waals surface area contributed by atoms with E-state index >= 15 is 0 Å². The second-order valence-electron chi connectivity index (χ2n) is 20.0. The Balaban J connectivity index is 0.864. The van der Waals surface area contributed by atoms with E-state index in [1.807, 2.05) is 0 Å². The summed E-state index contributed by atoms with van der Waals surface area (Å²) in [7, 11) is 0. The van der Waals surface area contributed by atoms with Crippen LogP contribution in [0.1, 0.15) is 0 Å². The molecule has 0 fully saturated rings. The monoisotopic (exact) mass is 938 g/mol. The Morgan fingerprint density at radius 1 is 0.203 bits per heavy atom. The van der Waals surface area contributed by atoms with Crippen molar-refractivity contribution in [2.24, 2.45) is 0 Å². The summed E-state index contributed by atoms with van der Waals surface area (Å²) in [5, 5.41) is 17.6. The summed E-state index contributed by atoms with van der Waals surface area (Å²) in [6, 6.07) is 94.6. The number of fused-ring (bicyclic) bond motifs is 12. The van der Waals surface area contributed by atoms with Gasteiger partial charge >= 0.3 is 0 Å². The van der Waals surface area contributed by atoms with Crippen LogP contribution in [0, 0.1) is 0 Å². The van der Waals surface area contributed by atoms with E-state index in [-0.39, 0.29) is 0 Å². The molecule has 17 aromatic rings. The number of rotatable bonds is 5. The molecule has 74 heavy (non-hydrogen) atoms. The molecule has 4 nitrogen and oxygen atoms in total. The first-order valence-electron chi connectivity index (χ1n) is 25.6. The van der Waals surface area contributed by atoms with Gasteiger partial charge < -0.3 is 18.3 Å². The topological polar surface area (TPSA) is 19.7 Å². The first kappa shape index (κ1) is 39.8. The standard InChI is InChI=1S/C70H42N4/c1-3-15-46(16-4-1)71-60-23-11-7-19-50(60)54-36-32-48(40-66(54)71)73-62-25-13-8-20-51(62)57-39-45(31-38-65(57)73)49-33-27-43-29-35-56-64(37-30-44-28-34-55(49)69(43)70(44)56)74-63-26-14-10-22-53(63)59-41-58-52-21-9-12-24-61(52)72(67(58)42-68(59)74)47-17-5-2-6-18-47/h1-42H. The summed E-state index contributed by atoms with van der Waals surface area (Å²) in [6.07, 6.45) is 0. The molecule has 0 saturated heterocycles. The lowest BCUT2D eigenvalue weighted by atomic mass is 9.89. The van der Waals surface area contributed by atoms with E-state index in [9.17, 15) is 0 Å². The van der Waals surface area contributed by atoms with Crippen LogP contribution in [0.15, 0.2) is 255 Å². The number of hydrogen-bond donors (Lipinski definition) is 0. The molecule has 0 amide bonds. The summed E-state index contributed by atoms with van der Waals surface area (Å²) in [6.45, 7) is 0. The minimum Gasteiger partial charge on any atom is -0.309 e. The van der Waals surface area contributed by atoms with E-state index in [2.05, 4.69) is 273 Å². The molecule has 0 aliphatic heterocycles. The smallest absolute Gasteiger partial charge is 0.0562 e. The first-order chi connectivity index (χ1) is 36.7. The molecule has 4 heteroatoms. The maximum atomic E-state index is 2.52. The van der Waals surface area contributed by atoms with Crippen molar-refractivity contribution in [2.75, 3.05) is 0 Å². The van der Waals surface area contributed by atoms with Gasteiger partial charge in [-0.25, -0.2) is 0 Å². The largest absolute Gasteiger partial charge is 0.309 e. The van der Waals surface area contributed by atoms with Crippen LogP contribution in [0.25, 0.3) is 153 Å². The Morgan fingerprint density at radius 2 is 0.622 bits per heavy atom. The Kier molecular flexibility index (Phi) is 7.97. The van der Waals surface area contributed by atoms with Gasteiger partial charge in [-0.1, -0.05) is 164 Å². The maximum Gasteiger partial charge on any atom is 0.0562 e. The highest BCUT2D eigenvalue weighted by Gasteiger charge is 2.23. The lowest BCUT2D eigenvalue weighted by Gasteiger charge is -2.18. The fourth-order valence-corrected chi connectivity index (χ4v) is 13.1. The van der Waals surface area contributed by atoms with Crippen molar-refractivity contribution >= 4 is 120 Å². The molecule has 4 heterocycles. The second-order valence-corrected chi connectivity index (χ2v) is 20.0. The van der Waals surface area contributed by atoms with Crippen molar-refractivity contribution in [3.63, 3.8) is 0 Å². The van der Waals surface area contributed by atoms with Crippen LogP contribution in [-0.2, 0) is 0 Å². The molecule has 0 atom stereocenters. The highest BCUT2D eigenvalue weighted by molar-refractivity contribution is 6.28. The molecule has 0 saturated carbocycles. The molecule has 0 N–H and O–H groups in total. The summed E-state index contributed by atoms with van der Waals surface area (Å²) in [5.41, 5.74) is 16.7. The predicted octanol–water partition coefficient (Wildman–Crippen LogP) is 18.6. The summed E-state index contributed by atoms with van der Waals surface area (Å²) in [5.74, 6) is 0. The third kappa shape index (κ3) is 5.35. The molecular weight excluding hydrogens is 897 g/mol. The van der Waals surface area contributed by atoms with Gasteiger partial charge in [0.25, 0.3) is 0 Å². The Labute approximate surface area is 424 Å². The highest BCUT2D eigenvalue weighted by Crippen LogP contribution is 2.46. The second kappa shape index (κ2) is 14.8. The van der Waals surface area contributed by atoms with Crippen LogP contribution in [0.3, 0.4) is 0 Å². The normalized spacial score (nSPS) is 12.3. The fourth-order valence-electron chi connectivity index (χ4n) is 13.1. The van der Waals surface area contributed by atoms with Crippen molar-refractivity contribution in [1.82, 2.24) is 18.3 Å². The van der Waals surface area contributed by atoms with Crippen molar-refractivity contribution in [1.29, 1.82) is 0 Å². The van der Waals surface area contributed by atoms with Gasteiger partial charge in [-0.05, 0) is 129 Å². The van der Waals surface area contributed by atoms with Crippen LogP contribution >= 0.6 is 0 Å². The fraction of sp³-hybridized carbons (Fsp3) is 0. The number of benzene rings is 13. The van der Waals surface area contributed by atoms with Gasteiger partial charge in [0.05, 0.1) is 49.8 Å². The van der Waals surface area contributed by atoms with Crippen LogP contribution in [-0.4, -0.2) is 18.3 Å². The molecule has 0 radical (unpaired) electrons. The van der Waals surface area contributed by atoms with Gasteiger partial charge in [-0.3, -0.25) is 0 Å². The number of nitrogens with zero attached hydrogens (tertiary/aromatic N) is 4. The zero-order valence-electron chi connectivity index (χ0n) is 40.0. The van der Waals surface area contributed by atoms with E-state index in [1.54, 1.807) is 0 Å². The van der Waals surface area contributed by atoms with Crippen molar-refractivity contribution < 1.29 is 0 Å². The van der Waals surface area contributed by atoms with Gasteiger partial charge in [-0.2, -0.15) is 0 Å². The Bertz CT molecular complexity index is 5180. The van der Waals surface area contributed by atoms with Gasteiger partial charge in [0.15, 0.2) is 0 Å². The molecule has 17 rings (SSSR count). The molecule has 0 spiro atoms. The summed E-state index contributed by atoms with van der Waals surface area (Å²) >= 11 is 0. The molecule has 13 aromatic carbocycles. The SMILES string of the molecule is c1ccc(-n2c3ccccc3c3ccc(-n4c5ccccc5c5cc(-c6ccc7ccc8c(-n9c%10ccccc%10c%10cc%11c%12ccccc%12n(-c%12ccccc%12)c%11cc%109)ccc9ccc6c7c98)ccc54)cc32)cc1. The Morgan fingerprint density at radius 3 is 1.24 bits per heavy atom. The molecular formula is C70H42N4. The molecule has 0 bridgehead atoms. The lowest BCUT2D eigenvalue weighted by molar-refractivity contribution is 1.15. The van der Waals surface area contributed by atoms with Crippen molar-refractivity contribution in [3.8, 4) is 33.9 Å². The average Bonchev–Trinajstić information content (AvgIpc) is 4.20.